The highest BCUT2D eigenvalue weighted by Gasteiger charge is 2.27. The van der Waals surface area contributed by atoms with Crippen LogP contribution in [0.15, 0.2) is 5.38 Å². The smallest absolute Gasteiger partial charge is 0.224 e. The molecule has 6 nitrogen and oxygen atoms in total. The molecule has 1 aromatic heterocycles. The summed E-state index contributed by atoms with van der Waals surface area (Å²) in [4.78, 5) is 30.6. The van der Waals surface area contributed by atoms with E-state index in [-0.39, 0.29) is 42.5 Å². The van der Waals surface area contributed by atoms with Gasteiger partial charge >= 0.3 is 0 Å². The molecule has 2 heterocycles. The zero-order valence-electron chi connectivity index (χ0n) is 14.5. The van der Waals surface area contributed by atoms with Crippen LogP contribution in [0.25, 0.3) is 0 Å². The van der Waals surface area contributed by atoms with Gasteiger partial charge in [-0.2, -0.15) is 0 Å². The Balaban J connectivity index is 0.00000288. The van der Waals surface area contributed by atoms with Crippen molar-refractivity contribution >= 4 is 48.0 Å². The van der Waals surface area contributed by atoms with E-state index in [1.165, 1.54) is 0 Å². The number of nitrogens with two attached hydrogens (primary N) is 1. The van der Waals surface area contributed by atoms with Crippen molar-refractivity contribution in [3.8, 4) is 0 Å². The highest BCUT2D eigenvalue weighted by molar-refractivity contribution is 7.09. The first-order valence-electron chi connectivity index (χ1n) is 8.26. The van der Waals surface area contributed by atoms with Crippen molar-refractivity contribution < 1.29 is 9.59 Å². The molecule has 1 aliphatic rings. The normalized spacial score (nSPS) is 16.6. The average molecular weight is 411 g/mol. The lowest BCUT2D eigenvalue weighted by atomic mass is 9.96. The van der Waals surface area contributed by atoms with Crippen LogP contribution < -0.4 is 11.1 Å². The molecule has 1 fully saturated rings. The van der Waals surface area contributed by atoms with Crippen LogP contribution in [-0.4, -0.2) is 47.9 Å². The minimum absolute atomic E-state index is 0. The first-order valence-corrected chi connectivity index (χ1v) is 9.14. The van der Waals surface area contributed by atoms with Crippen LogP contribution in [0, 0.1) is 12.8 Å². The number of carbonyl (C=O) groups is 2. The number of aromatic nitrogens is 1. The van der Waals surface area contributed by atoms with Crippen LogP contribution in [-0.2, 0) is 16.0 Å². The quantitative estimate of drug-likeness (QED) is 0.718. The van der Waals surface area contributed by atoms with Gasteiger partial charge in [0.05, 0.1) is 16.6 Å². The number of amides is 2. The predicted octanol–water partition coefficient (Wildman–Crippen LogP) is 1.93. The topological polar surface area (TPSA) is 88.3 Å². The van der Waals surface area contributed by atoms with Crippen molar-refractivity contribution in [2.75, 3.05) is 26.2 Å². The molecule has 0 saturated carbocycles. The van der Waals surface area contributed by atoms with Gasteiger partial charge in [-0.3, -0.25) is 9.59 Å². The van der Waals surface area contributed by atoms with E-state index < -0.39 is 0 Å². The molecule has 25 heavy (non-hydrogen) atoms. The van der Waals surface area contributed by atoms with Gasteiger partial charge in [0.2, 0.25) is 11.8 Å². The third-order valence-corrected chi connectivity index (χ3v) is 4.90. The summed E-state index contributed by atoms with van der Waals surface area (Å²) in [5.74, 6) is 0.0691. The number of nitrogens with zero attached hydrogens (tertiary/aromatic N) is 2. The van der Waals surface area contributed by atoms with Crippen molar-refractivity contribution in [2.24, 2.45) is 11.7 Å². The summed E-state index contributed by atoms with van der Waals surface area (Å²) in [6.07, 6.45) is 3.90. The summed E-state index contributed by atoms with van der Waals surface area (Å²) < 4.78 is 0. The molecule has 0 radical (unpaired) electrons. The number of carbonyl (C=O) groups excluding carboxylic acids is 2. The maximum absolute atomic E-state index is 12.3. The molecule has 0 bridgehead atoms. The first kappa shape index (κ1) is 24.1. The molecule has 144 valence electrons. The third kappa shape index (κ3) is 7.90. The number of piperidine rings is 1. The second-order valence-corrected chi connectivity index (χ2v) is 7.03. The van der Waals surface area contributed by atoms with Crippen LogP contribution in [0.4, 0.5) is 0 Å². The number of nitrogens with one attached hydrogen (secondary N) is 1. The van der Waals surface area contributed by atoms with Crippen molar-refractivity contribution in [3.63, 3.8) is 0 Å². The van der Waals surface area contributed by atoms with Crippen molar-refractivity contribution in [2.45, 2.75) is 39.0 Å². The van der Waals surface area contributed by atoms with E-state index in [2.05, 4.69) is 15.7 Å². The predicted molar refractivity (Wildman–Crippen MR) is 106 cm³/mol. The summed E-state index contributed by atoms with van der Waals surface area (Å²) in [6.45, 7) is 4.22. The highest BCUT2D eigenvalue weighted by atomic mass is 35.5. The second-order valence-electron chi connectivity index (χ2n) is 5.97. The van der Waals surface area contributed by atoms with Crippen molar-refractivity contribution in [3.05, 3.63) is 16.1 Å². The summed E-state index contributed by atoms with van der Waals surface area (Å²) >= 11 is 1.64. The number of aryl methyl sites for hydroxylation is 2. The molecule has 1 atom stereocenters. The number of rotatable bonds is 7. The first-order chi connectivity index (χ1) is 11.1. The third-order valence-electron chi connectivity index (χ3n) is 4.08. The SMILES string of the molecule is Cc1nc(CCCC(=O)N2CCCC(C(=O)NCCN)C2)cs1.Cl.Cl. The summed E-state index contributed by atoms with van der Waals surface area (Å²) in [7, 11) is 0. The second kappa shape index (κ2) is 12.5. The van der Waals surface area contributed by atoms with Crippen LogP contribution in [0.2, 0.25) is 0 Å². The maximum atomic E-state index is 12.3. The molecular formula is C16H28Cl2N4O2S. The van der Waals surface area contributed by atoms with Crippen LogP contribution in [0.1, 0.15) is 36.4 Å². The number of hydrogen-bond acceptors (Lipinski definition) is 5. The van der Waals surface area contributed by atoms with E-state index in [1.54, 1.807) is 11.3 Å². The minimum atomic E-state index is -0.0968. The molecule has 3 N–H and O–H groups in total. The lowest BCUT2D eigenvalue weighted by Gasteiger charge is -2.32. The molecule has 2 rings (SSSR count). The Kier molecular flexibility index (Phi) is 12.0. The number of hydrogen-bond donors (Lipinski definition) is 2. The van der Waals surface area contributed by atoms with Gasteiger partial charge < -0.3 is 16.0 Å². The number of thiazole rings is 1. The molecule has 0 aromatic carbocycles. The maximum Gasteiger partial charge on any atom is 0.224 e. The van der Waals surface area contributed by atoms with Gasteiger partial charge in [-0.1, -0.05) is 0 Å². The molecule has 2 amide bonds. The Morgan fingerprint density at radius 3 is 2.84 bits per heavy atom. The molecule has 1 saturated heterocycles. The minimum Gasteiger partial charge on any atom is -0.355 e. The monoisotopic (exact) mass is 410 g/mol. The fraction of sp³-hybridized carbons (Fsp3) is 0.688. The lowest BCUT2D eigenvalue weighted by Crippen LogP contribution is -2.46. The zero-order chi connectivity index (χ0) is 16.7. The standard InChI is InChI=1S/C16H26N4O2S.2ClH/c1-12-19-14(11-23-12)5-2-6-15(21)20-9-3-4-13(10-20)16(22)18-8-7-17;;/h11,13H,2-10,17H2,1H3,(H,18,22);2*1H. The average Bonchev–Trinajstić information content (AvgIpc) is 2.98. The van der Waals surface area contributed by atoms with Crippen molar-refractivity contribution in [1.82, 2.24) is 15.2 Å². The molecular weight excluding hydrogens is 383 g/mol. The molecule has 0 aliphatic carbocycles. The molecule has 0 spiro atoms. The Morgan fingerprint density at radius 1 is 1.44 bits per heavy atom. The summed E-state index contributed by atoms with van der Waals surface area (Å²) in [5, 5.41) is 5.94. The Hall–Kier alpha value is -0.890. The van der Waals surface area contributed by atoms with E-state index in [0.29, 0.717) is 26.1 Å². The number of halogens is 2. The van der Waals surface area contributed by atoms with Crippen LogP contribution >= 0.6 is 36.2 Å². The Labute approximate surface area is 165 Å². The summed E-state index contributed by atoms with van der Waals surface area (Å²) in [5.41, 5.74) is 6.47. The van der Waals surface area contributed by atoms with E-state index in [9.17, 15) is 9.59 Å². The van der Waals surface area contributed by atoms with Gasteiger partial charge in [-0.15, -0.1) is 36.2 Å². The van der Waals surface area contributed by atoms with Gasteiger partial charge in [0.1, 0.15) is 0 Å². The largest absolute Gasteiger partial charge is 0.355 e. The highest BCUT2D eigenvalue weighted by Crippen LogP contribution is 2.18. The van der Waals surface area contributed by atoms with Crippen LogP contribution in [0.3, 0.4) is 0 Å². The van der Waals surface area contributed by atoms with Gasteiger partial charge in [0.25, 0.3) is 0 Å². The van der Waals surface area contributed by atoms with Gasteiger partial charge in [-0.25, -0.2) is 4.98 Å². The van der Waals surface area contributed by atoms with Gasteiger partial charge in [0, 0.05) is 38.0 Å². The lowest BCUT2D eigenvalue weighted by molar-refractivity contribution is -0.135. The summed E-state index contributed by atoms with van der Waals surface area (Å²) in [6, 6.07) is 0. The van der Waals surface area contributed by atoms with Crippen LogP contribution in [0.5, 0.6) is 0 Å². The van der Waals surface area contributed by atoms with E-state index in [4.69, 9.17) is 5.73 Å². The molecule has 1 aliphatic heterocycles. The van der Waals surface area contributed by atoms with E-state index in [0.717, 1.165) is 42.9 Å². The van der Waals surface area contributed by atoms with E-state index in [1.807, 2.05) is 11.8 Å². The van der Waals surface area contributed by atoms with Crippen molar-refractivity contribution in [1.29, 1.82) is 0 Å². The van der Waals surface area contributed by atoms with Gasteiger partial charge in [-0.05, 0) is 32.6 Å². The zero-order valence-corrected chi connectivity index (χ0v) is 17.0. The Morgan fingerprint density at radius 2 is 2.20 bits per heavy atom. The molecule has 1 aromatic rings. The van der Waals surface area contributed by atoms with E-state index >= 15 is 0 Å². The Bertz CT molecular complexity index is 542. The fourth-order valence-corrected chi connectivity index (χ4v) is 3.51. The van der Waals surface area contributed by atoms with Gasteiger partial charge in [0.15, 0.2) is 0 Å². The fourth-order valence-electron chi connectivity index (χ4n) is 2.86. The molecule has 1 unspecified atom stereocenters. The number of likely N-dealkylation sites (tertiary alicyclic amines) is 1. The molecule has 9 heteroatoms.